The number of benzene rings is 2. The van der Waals surface area contributed by atoms with Gasteiger partial charge in [0.1, 0.15) is 5.58 Å². The number of furan rings is 1. The zero-order valence-corrected chi connectivity index (χ0v) is 14.0. The Kier molecular flexibility index (Phi) is 5.08. The number of fused-ring (bicyclic) bond motifs is 1. The van der Waals surface area contributed by atoms with Crippen molar-refractivity contribution in [2.24, 2.45) is 0 Å². The van der Waals surface area contributed by atoms with Gasteiger partial charge in [0.15, 0.2) is 5.76 Å². The molecule has 1 aromatic heterocycles. The number of thioether (sulfide) groups is 1. The van der Waals surface area contributed by atoms with E-state index in [-0.39, 0.29) is 17.4 Å². The summed E-state index contributed by atoms with van der Waals surface area (Å²) in [7, 11) is 0. The molecule has 0 spiro atoms. The molecule has 0 radical (unpaired) electrons. The lowest BCUT2D eigenvalue weighted by Crippen LogP contribution is -2.42. The summed E-state index contributed by atoms with van der Waals surface area (Å²) in [5.74, 6) is -0.514. The van der Waals surface area contributed by atoms with Crippen LogP contribution >= 0.6 is 23.4 Å². The van der Waals surface area contributed by atoms with Crippen LogP contribution in [0, 0.1) is 0 Å². The van der Waals surface area contributed by atoms with Gasteiger partial charge in [-0.2, -0.15) is 0 Å². The lowest BCUT2D eigenvalue weighted by atomic mass is 10.2. The van der Waals surface area contributed by atoms with Crippen LogP contribution in [0.1, 0.15) is 10.6 Å². The molecule has 0 aliphatic carbocycles. The van der Waals surface area contributed by atoms with Crippen LogP contribution in [0.3, 0.4) is 0 Å². The molecule has 24 heavy (non-hydrogen) atoms. The Hall–Kier alpha value is -2.44. The number of carbonyl (C=O) groups is 2. The molecular formula is C17H13ClN2O3S. The lowest BCUT2D eigenvalue weighted by Gasteiger charge is -2.05. The topological polar surface area (TPSA) is 71.3 Å². The average Bonchev–Trinajstić information content (AvgIpc) is 3.03. The van der Waals surface area contributed by atoms with E-state index < -0.39 is 5.91 Å². The Labute approximate surface area is 147 Å². The first-order chi connectivity index (χ1) is 11.6. The first-order valence-corrected chi connectivity index (χ1v) is 8.44. The average molecular weight is 361 g/mol. The number of hydrazine groups is 1. The van der Waals surface area contributed by atoms with Gasteiger partial charge in [-0.25, -0.2) is 0 Å². The van der Waals surface area contributed by atoms with Gasteiger partial charge in [0.2, 0.25) is 5.91 Å². The van der Waals surface area contributed by atoms with Gasteiger partial charge in [-0.15, -0.1) is 11.8 Å². The molecule has 0 aliphatic rings. The standard InChI is InChI=1S/C17H13ClN2O3S/c18-12-5-7-13(8-6-12)24-10-16(21)19-20-17(22)15-9-11-3-1-2-4-14(11)23-15/h1-9H,10H2,(H,19,21)(H,20,22). The van der Waals surface area contributed by atoms with Crippen LogP contribution in [0.5, 0.6) is 0 Å². The molecule has 2 amide bonds. The van der Waals surface area contributed by atoms with Gasteiger partial charge in [-0.1, -0.05) is 29.8 Å². The van der Waals surface area contributed by atoms with E-state index in [1.54, 1.807) is 24.3 Å². The van der Waals surface area contributed by atoms with E-state index >= 15 is 0 Å². The Morgan fingerprint density at radius 1 is 1.04 bits per heavy atom. The van der Waals surface area contributed by atoms with E-state index in [0.29, 0.717) is 10.6 Å². The summed E-state index contributed by atoms with van der Waals surface area (Å²) in [4.78, 5) is 24.7. The third kappa shape index (κ3) is 4.10. The molecule has 0 aliphatic heterocycles. The zero-order valence-electron chi connectivity index (χ0n) is 12.4. The number of nitrogens with one attached hydrogen (secondary N) is 2. The summed E-state index contributed by atoms with van der Waals surface area (Å²) in [6, 6.07) is 16.1. The van der Waals surface area contributed by atoms with Gasteiger partial charge >= 0.3 is 5.91 Å². The SMILES string of the molecule is O=C(CSc1ccc(Cl)cc1)NNC(=O)c1cc2ccccc2o1. The van der Waals surface area contributed by atoms with Crippen molar-refractivity contribution >= 4 is 46.1 Å². The number of carbonyl (C=O) groups excluding carboxylic acids is 2. The first kappa shape index (κ1) is 16.4. The minimum Gasteiger partial charge on any atom is -0.451 e. The second-order valence-corrected chi connectivity index (χ2v) is 6.38. The summed E-state index contributed by atoms with van der Waals surface area (Å²) in [5, 5.41) is 1.47. The molecule has 3 rings (SSSR count). The molecule has 7 heteroatoms. The van der Waals surface area contributed by atoms with Crippen molar-refractivity contribution in [1.29, 1.82) is 0 Å². The first-order valence-electron chi connectivity index (χ1n) is 7.08. The Bertz CT molecular complexity index is 844. The Morgan fingerprint density at radius 2 is 1.79 bits per heavy atom. The number of hydrogen-bond acceptors (Lipinski definition) is 4. The number of hydrogen-bond donors (Lipinski definition) is 2. The minimum atomic E-state index is -0.504. The normalized spacial score (nSPS) is 10.5. The van der Waals surface area contributed by atoms with Crippen LogP contribution in [0.4, 0.5) is 0 Å². The molecule has 0 unspecified atom stereocenters. The largest absolute Gasteiger partial charge is 0.451 e. The van der Waals surface area contributed by atoms with E-state index in [2.05, 4.69) is 10.9 Å². The highest BCUT2D eigenvalue weighted by Crippen LogP contribution is 2.20. The van der Waals surface area contributed by atoms with Crippen molar-refractivity contribution < 1.29 is 14.0 Å². The highest BCUT2D eigenvalue weighted by atomic mass is 35.5. The van der Waals surface area contributed by atoms with Crippen LogP contribution < -0.4 is 10.9 Å². The summed E-state index contributed by atoms with van der Waals surface area (Å²) >= 11 is 7.14. The highest BCUT2D eigenvalue weighted by Gasteiger charge is 2.13. The third-order valence-electron chi connectivity index (χ3n) is 3.15. The van der Waals surface area contributed by atoms with Crippen molar-refractivity contribution in [2.75, 3.05) is 5.75 Å². The van der Waals surface area contributed by atoms with Gasteiger partial charge in [0, 0.05) is 15.3 Å². The maximum absolute atomic E-state index is 12.0. The van der Waals surface area contributed by atoms with E-state index in [1.807, 2.05) is 30.3 Å². The fourth-order valence-corrected chi connectivity index (χ4v) is 2.82. The van der Waals surface area contributed by atoms with E-state index in [9.17, 15) is 9.59 Å². The summed E-state index contributed by atoms with van der Waals surface area (Å²) in [6.45, 7) is 0. The highest BCUT2D eigenvalue weighted by molar-refractivity contribution is 8.00. The molecule has 0 bridgehead atoms. The molecular weight excluding hydrogens is 348 g/mol. The molecule has 3 aromatic rings. The second kappa shape index (κ2) is 7.42. The maximum Gasteiger partial charge on any atom is 0.305 e. The molecule has 2 N–H and O–H groups in total. The van der Waals surface area contributed by atoms with Gasteiger partial charge < -0.3 is 4.42 Å². The monoisotopic (exact) mass is 360 g/mol. The minimum absolute atomic E-state index is 0.141. The van der Waals surface area contributed by atoms with Crippen molar-refractivity contribution in [3.05, 3.63) is 65.4 Å². The van der Waals surface area contributed by atoms with Crippen molar-refractivity contribution in [1.82, 2.24) is 10.9 Å². The number of amides is 2. The second-order valence-electron chi connectivity index (χ2n) is 4.89. The van der Waals surface area contributed by atoms with E-state index in [0.717, 1.165) is 10.3 Å². The fraction of sp³-hybridized carbons (Fsp3) is 0.0588. The van der Waals surface area contributed by atoms with Gasteiger partial charge in [0.05, 0.1) is 5.75 Å². The molecule has 5 nitrogen and oxygen atoms in total. The van der Waals surface area contributed by atoms with Gasteiger partial charge in [0.25, 0.3) is 0 Å². The molecule has 0 atom stereocenters. The van der Waals surface area contributed by atoms with Crippen molar-refractivity contribution in [2.45, 2.75) is 4.90 Å². The van der Waals surface area contributed by atoms with Gasteiger partial charge in [-0.05, 0) is 36.4 Å². The van der Waals surface area contributed by atoms with Crippen LogP contribution in [0.15, 0.2) is 63.9 Å². The summed E-state index contributed by atoms with van der Waals surface area (Å²) < 4.78 is 5.42. The van der Waals surface area contributed by atoms with E-state index in [1.165, 1.54) is 11.8 Å². The molecule has 122 valence electrons. The Balaban J connectivity index is 1.50. The van der Waals surface area contributed by atoms with Crippen LogP contribution in [0.25, 0.3) is 11.0 Å². The third-order valence-corrected chi connectivity index (χ3v) is 4.41. The fourth-order valence-electron chi connectivity index (χ4n) is 2.00. The molecule has 2 aromatic carbocycles. The summed E-state index contributed by atoms with van der Waals surface area (Å²) in [6.07, 6.45) is 0. The van der Waals surface area contributed by atoms with Crippen molar-refractivity contribution in [3.8, 4) is 0 Å². The molecule has 0 saturated heterocycles. The van der Waals surface area contributed by atoms with Crippen LogP contribution in [-0.4, -0.2) is 17.6 Å². The maximum atomic E-state index is 12.0. The predicted octanol–water partition coefficient (Wildman–Crippen LogP) is 3.64. The van der Waals surface area contributed by atoms with Crippen molar-refractivity contribution in [3.63, 3.8) is 0 Å². The van der Waals surface area contributed by atoms with Gasteiger partial charge in [-0.3, -0.25) is 20.4 Å². The molecule has 1 heterocycles. The summed E-state index contributed by atoms with van der Waals surface area (Å²) in [5.41, 5.74) is 5.32. The quantitative estimate of drug-likeness (QED) is 0.550. The predicted molar refractivity (Wildman–Crippen MR) is 94.0 cm³/mol. The number of rotatable bonds is 4. The number of para-hydroxylation sites is 1. The Morgan fingerprint density at radius 3 is 2.54 bits per heavy atom. The smallest absolute Gasteiger partial charge is 0.305 e. The molecule has 0 saturated carbocycles. The van der Waals surface area contributed by atoms with E-state index in [4.69, 9.17) is 16.0 Å². The number of halogens is 1. The van der Waals surface area contributed by atoms with Crippen LogP contribution in [-0.2, 0) is 4.79 Å². The molecule has 0 fully saturated rings. The van der Waals surface area contributed by atoms with Crippen LogP contribution in [0.2, 0.25) is 5.02 Å². The lowest BCUT2D eigenvalue weighted by molar-refractivity contribution is -0.119. The zero-order chi connectivity index (χ0) is 16.9.